The van der Waals surface area contributed by atoms with E-state index in [1.54, 1.807) is 0 Å². The number of hydrogen-bond acceptors (Lipinski definition) is 5. The summed E-state index contributed by atoms with van der Waals surface area (Å²) in [5.41, 5.74) is -1.75. The molecule has 1 atom stereocenters. The fourth-order valence-electron chi connectivity index (χ4n) is 1.69. The van der Waals surface area contributed by atoms with E-state index in [4.69, 9.17) is 14.9 Å². The lowest BCUT2D eigenvalue weighted by Crippen LogP contribution is -2.51. The van der Waals surface area contributed by atoms with E-state index in [9.17, 15) is 9.90 Å². The molecule has 1 unspecified atom stereocenters. The van der Waals surface area contributed by atoms with Gasteiger partial charge in [0.15, 0.2) is 0 Å². The summed E-state index contributed by atoms with van der Waals surface area (Å²) in [7, 11) is 0. The summed E-state index contributed by atoms with van der Waals surface area (Å²) in [5.74, 6) is -0.387. The van der Waals surface area contributed by atoms with Gasteiger partial charge in [-0.3, -0.25) is 4.79 Å². The molecule has 0 heterocycles. The Bertz CT molecular complexity index is 225. The average molecular weight is 262 g/mol. The third kappa shape index (κ3) is 5.80. The predicted molar refractivity (Wildman–Crippen MR) is 68.1 cm³/mol. The monoisotopic (exact) mass is 262 g/mol. The number of ether oxygens (including phenoxy) is 1. The zero-order valence-electron chi connectivity index (χ0n) is 11.4. The van der Waals surface area contributed by atoms with Crippen molar-refractivity contribution in [1.29, 1.82) is 0 Å². The Morgan fingerprint density at radius 1 is 1.17 bits per heavy atom. The quantitative estimate of drug-likeness (QED) is 0.404. The van der Waals surface area contributed by atoms with Crippen molar-refractivity contribution in [2.45, 2.75) is 64.1 Å². The maximum Gasteiger partial charge on any atom is 0.306 e. The second-order valence-corrected chi connectivity index (χ2v) is 4.64. The smallest absolute Gasteiger partial charge is 0.306 e. The standard InChI is InChI=1S/C13H26O5/c1-3-5-6-8-12(16)18-11(7-4-2)13(17,9-14)10-15/h11,14-15,17H,3-10H2,1-2H3. The Morgan fingerprint density at radius 3 is 2.22 bits per heavy atom. The van der Waals surface area contributed by atoms with Crippen LogP contribution in [0.4, 0.5) is 0 Å². The minimum absolute atomic E-state index is 0.307. The van der Waals surface area contributed by atoms with Crippen molar-refractivity contribution in [3.05, 3.63) is 0 Å². The molecule has 0 amide bonds. The SMILES string of the molecule is CCCCCC(=O)OC(CCC)C(O)(CO)CO. The van der Waals surface area contributed by atoms with Gasteiger partial charge in [0, 0.05) is 6.42 Å². The molecule has 0 aliphatic carbocycles. The largest absolute Gasteiger partial charge is 0.459 e. The summed E-state index contributed by atoms with van der Waals surface area (Å²) < 4.78 is 5.18. The van der Waals surface area contributed by atoms with E-state index in [1.807, 2.05) is 13.8 Å². The molecule has 0 aromatic carbocycles. The van der Waals surface area contributed by atoms with Gasteiger partial charge in [0.25, 0.3) is 0 Å². The van der Waals surface area contributed by atoms with Gasteiger partial charge >= 0.3 is 5.97 Å². The van der Waals surface area contributed by atoms with Crippen molar-refractivity contribution in [3.63, 3.8) is 0 Å². The Kier molecular flexibility index (Phi) is 8.97. The number of rotatable bonds is 10. The molecular formula is C13H26O5. The molecule has 0 aliphatic rings. The Balaban J connectivity index is 4.38. The first-order valence-corrected chi connectivity index (χ1v) is 6.67. The van der Waals surface area contributed by atoms with Crippen molar-refractivity contribution in [2.24, 2.45) is 0 Å². The number of carbonyl (C=O) groups is 1. The van der Waals surface area contributed by atoms with Gasteiger partial charge in [-0.25, -0.2) is 0 Å². The Labute approximate surface area is 109 Å². The maximum absolute atomic E-state index is 11.6. The molecule has 0 aromatic heterocycles. The molecule has 5 nitrogen and oxygen atoms in total. The van der Waals surface area contributed by atoms with E-state index in [2.05, 4.69) is 0 Å². The minimum Gasteiger partial charge on any atom is -0.459 e. The Morgan fingerprint density at radius 2 is 1.78 bits per heavy atom. The molecule has 108 valence electrons. The molecule has 0 aromatic rings. The normalized spacial score (nSPS) is 13.4. The first kappa shape index (κ1) is 17.4. The fraction of sp³-hybridized carbons (Fsp3) is 0.923. The van der Waals surface area contributed by atoms with Crippen LogP contribution in [0.2, 0.25) is 0 Å². The van der Waals surface area contributed by atoms with E-state index in [-0.39, 0.29) is 5.97 Å². The van der Waals surface area contributed by atoms with Crippen LogP contribution in [-0.2, 0) is 9.53 Å². The summed E-state index contributed by atoms with van der Waals surface area (Å²) in [4.78, 5) is 11.6. The molecule has 18 heavy (non-hydrogen) atoms. The van der Waals surface area contributed by atoms with Crippen molar-refractivity contribution >= 4 is 5.97 Å². The fourth-order valence-corrected chi connectivity index (χ4v) is 1.69. The Hall–Kier alpha value is -0.650. The molecule has 0 aliphatic heterocycles. The number of aliphatic hydroxyl groups is 3. The zero-order valence-corrected chi connectivity index (χ0v) is 11.4. The second-order valence-electron chi connectivity index (χ2n) is 4.64. The third-order valence-electron chi connectivity index (χ3n) is 2.96. The van der Waals surface area contributed by atoms with Gasteiger partial charge < -0.3 is 20.1 Å². The number of carbonyl (C=O) groups excluding carboxylic acids is 1. The number of unbranched alkanes of at least 4 members (excludes halogenated alkanes) is 2. The van der Waals surface area contributed by atoms with Crippen LogP contribution in [0.1, 0.15) is 52.4 Å². The summed E-state index contributed by atoms with van der Waals surface area (Å²) in [6.45, 7) is 2.67. The summed E-state index contributed by atoms with van der Waals surface area (Å²) in [5, 5.41) is 28.2. The molecule has 0 radical (unpaired) electrons. The van der Waals surface area contributed by atoms with Gasteiger partial charge in [-0.2, -0.15) is 0 Å². The summed E-state index contributed by atoms with van der Waals surface area (Å²) in [6.07, 6.45) is 3.28. The molecule has 0 saturated carbocycles. The van der Waals surface area contributed by atoms with Crippen LogP contribution < -0.4 is 0 Å². The average Bonchev–Trinajstić information content (AvgIpc) is 2.37. The summed E-state index contributed by atoms with van der Waals surface area (Å²) in [6, 6.07) is 0. The van der Waals surface area contributed by atoms with Crippen LogP contribution in [0.25, 0.3) is 0 Å². The first-order valence-electron chi connectivity index (χ1n) is 6.67. The molecule has 3 N–H and O–H groups in total. The van der Waals surface area contributed by atoms with E-state index in [0.29, 0.717) is 19.3 Å². The topological polar surface area (TPSA) is 87.0 Å². The van der Waals surface area contributed by atoms with Gasteiger partial charge in [-0.05, 0) is 12.8 Å². The molecule has 5 heteroatoms. The van der Waals surface area contributed by atoms with Crippen molar-refractivity contribution in [3.8, 4) is 0 Å². The van der Waals surface area contributed by atoms with Gasteiger partial charge in [-0.15, -0.1) is 0 Å². The van der Waals surface area contributed by atoms with E-state index >= 15 is 0 Å². The van der Waals surface area contributed by atoms with E-state index in [1.165, 1.54) is 0 Å². The van der Waals surface area contributed by atoms with Gasteiger partial charge in [0.1, 0.15) is 11.7 Å². The molecule has 0 bridgehead atoms. The predicted octanol–water partition coefficient (Wildman–Crippen LogP) is 0.994. The van der Waals surface area contributed by atoms with Gasteiger partial charge in [-0.1, -0.05) is 33.1 Å². The highest BCUT2D eigenvalue weighted by Crippen LogP contribution is 2.19. The van der Waals surface area contributed by atoms with Crippen molar-refractivity contribution in [1.82, 2.24) is 0 Å². The molecule has 0 spiro atoms. The van der Waals surface area contributed by atoms with Gasteiger partial charge in [0.2, 0.25) is 0 Å². The van der Waals surface area contributed by atoms with E-state index in [0.717, 1.165) is 19.3 Å². The number of esters is 1. The van der Waals surface area contributed by atoms with Crippen LogP contribution in [-0.4, -0.2) is 46.2 Å². The third-order valence-corrected chi connectivity index (χ3v) is 2.96. The molecule has 0 fully saturated rings. The van der Waals surface area contributed by atoms with Crippen LogP contribution in [0.5, 0.6) is 0 Å². The molecular weight excluding hydrogens is 236 g/mol. The van der Waals surface area contributed by atoms with Crippen LogP contribution in [0.3, 0.4) is 0 Å². The lowest BCUT2D eigenvalue weighted by Gasteiger charge is -2.32. The highest BCUT2D eigenvalue weighted by molar-refractivity contribution is 5.69. The van der Waals surface area contributed by atoms with E-state index < -0.39 is 24.9 Å². The first-order chi connectivity index (χ1) is 8.53. The lowest BCUT2D eigenvalue weighted by molar-refractivity contribution is -0.179. The van der Waals surface area contributed by atoms with Gasteiger partial charge in [0.05, 0.1) is 13.2 Å². The second kappa shape index (κ2) is 9.30. The van der Waals surface area contributed by atoms with Crippen LogP contribution in [0.15, 0.2) is 0 Å². The molecule has 0 rings (SSSR count). The van der Waals surface area contributed by atoms with Crippen molar-refractivity contribution < 1.29 is 24.9 Å². The van der Waals surface area contributed by atoms with Crippen LogP contribution >= 0.6 is 0 Å². The lowest BCUT2D eigenvalue weighted by atomic mass is 9.95. The highest BCUT2D eigenvalue weighted by Gasteiger charge is 2.38. The number of aliphatic hydroxyl groups excluding tert-OH is 2. The van der Waals surface area contributed by atoms with Crippen molar-refractivity contribution in [2.75, 3.05) is 13.2 Å². The highest BCUT2D eigenvalue weighted by atomic mass is 16.6. The minimum atomic E-state index is -1.75. The zero-order chi connectivity index (χ0) is 14.0. The summed E-state index contributed by atoms with van der Waals surface area (Å²) >= 11 is 0. The van der Waals surface area contributed by atoms with Crippen LogP contribution in [0, 0.1) is 0 Å². The number of hydrogen-bond donors (Lipinski definition) is 3. The molecule has 0 saturated heterocycles. The maximum atomic E-state index is 11.6.